The zero-order chi connectivity index (χ0) is 15.0. The molecule has 1 aliphatic carbocycles. The Kier molecular flexibility index (Phi) is 3.62. The Morgan fingerprint density at radius 1 is 1.35 bits per heavy atom. The highest BCUT2D eigenvalue weighted by atomic mass is 19.4. The van der Waals surface area contributed by atoms with Gasteiger partial charge < -0.3 is 10.4 Å². The third-order valence-corrected chi connectivity index (χ3v) is 3.68. The third-order valence-electron chi connectivity index (χ3n) is 3.68. The topological polar surface area (TPSA) is 49.3 Å². The summed E-state index contributed by atoms with van der Waals surface area (Å²) in [6.45, 7) is 0.00458. The standard InChI is InChI=1S/C13H13F4NO2/c14-9-6-8(13(15,16)17)2-3-10(9)18-7-12(11(19)20)4-1-5-12/h2-3,6,18H,1,4-5,7H2,(H,19,20). The molecule has 0 saturated heterocycles. The number of nitrogens with one attached hydrogen (secondary N) is 1. The van der Waals surface area contributed by atoms with Gasteiger partial charge in [-0.3, -0.25) is 4.79 Å². The van der Waals surface area contributed by atoms with Crippen molar-refractivity contribution in [3.63, 3.8) is 0 Å². The van der Waals surface area contributed by atoms with Gasteiger partial charge in [-0.15, -0.1) is 0 Å². The molecule has 20 heavy (non-hydrogen) atoms. The summed E-state index contributed by atoms with van der Waals surface area (Å²) in [5.41, 5.74) is -2.13. The molecule has 1 fully saturated rings. The van der Waals surface area contributed by atoms with Crippen molar-refractivity contribution >= 4 is 11.7 Å². The van der Waals surface area contributed by atoms with Gasteiger partial charge in [-0.2, -0.15) is 13.2 Å². The smallest absolute Gasteiger partial charge is 0.416 e. The number of anilines is 1. The highest BCUT2D eigenvalue weighted by molar-refractivity contribution is 5.76. The molecule has 2 N–H and O–H groups in total. The van der Waals surface area contributed by atoms with Crippen molar-refractivity contribution in [2.24, 2.45) is 5.41 Å². The van der Waals surface area contributed by atoms with Crippen LogP contribution in [0.25, 0.3) is 0 Å². The van der Waals surface area contributed by atoms with Crippen LogP contribution in [0.4, 0.5) is 23.2 Å². The summed E-state index contributed by atoms with van der Waals surface area (Å²) < 4.78 is 50.7. The van der Waals surface area contributed by atoms with Crippen LogP contribution in [0.1, 0.15) is 24.8 Å². The lowest BCUT2D eigenvalue weighted by atomic mass is 9.69. The van der Waals surface area contributed by atoms with Gasteiger partial charge in [0.15, 0.2) is 0 Å². The fourth-order valence-electron chi connectivity index (χ4n) is 2.17. The van der Waals surface area contributed by atoms with E-state index in [-0.39, 0.29) is 12.2 Å². The van der Waals surface area contributed by atoms with Crippen LogP contribution in [0.5, 0.6) is 0 Å². The number of aliphatic carboxylic acids is 1. The second-order valence-corrected chi connectivity index (χ2v) is 4.98. The van der Waals surface area contributed by atoms with E-state index in [0.717, 1.165) is 18.6 Å². The van der Waals surface area contributed by atoms with E-state index in [1.54, 1.807) is 0 Å². The Hall–Kier alpha value is -1.79. The van der Waals surface area contributed by atoms with E-state index in [0.29, 0.717) is 18.9 Å². The van der Waals surface area contributed by atoms with Crippen molar-refractivity contribution < 1.29 is 27.5 Å². The average molecular weight is 291 g/mol. The molecule has 110 valence electrons. The van der Waals surface area contributed by atoms with Crippen molar-refractivity contribution in [3.8, 4) is 0 Å². The monoisotopic (exact) mass is 291 g/mol. The van der Waals surface area contributed by atoms with Gasteiger partial charge in [-0.05, 0) is 31.0 Å². The third kappa shape index (κ3) is 2.71. The molecule has 0 aliphatic heterocycles. The summed E-state index contributed by atoms with van der Waals surface area (Å²) >= 11 is 0. The number of rotatable bonds is 4. The first-order chi connectivity index (χ1) is 9.24. The van der Waals surface area contributed by atoms with Crippen molar-refractivity contribution in [1.29, 1.82) is 0 Å². The SMILES string of the molecule is O=C(O)C1(CNc2ccc(C(F)(F)F)cc2F)CCC1. The molecule has 0 amide bonds. The maximum absolute atomic E-state index is 13.6. The molecule has 1 saturated carbocycles. The minimum Gasteiger partial charge on any atom is -0.481 e. The number of hydrogen-bond acceptors (Lipinski definition) is 2. The Balaban J connectivity index is 2.09. The number of carbonyl (C=O) groups is 1. The van der Waals surface area contributed by atoms with E-state index in [1.807, 2.05) is 0 Å². The Morgan fingerprint density at radius 3 is 2.40 bits per heavy atom. The van der Waals surface area contributed by atoms with Gasteiger partial charge in [0.05, 0.1) is 16.7 Å². The van der Waals surface area contributed by atoms with Gasteiger partial charge in [-0.1, -0.05) is 6.42 Å². The lowest BCUT2D eigenvalue weighted by molar-refractivity contribution is -0.153. The van der Waals surface area contributed by atoms with Crippen molar-refractivity contribution in [1.82, 2.24) is 0 Å². The Labute approximate surface area is 112 Å². The van der Waals surface area contributed by atoms with Crippen molar-refractivity contribution in [2.75, 3.05) is 11.9 Å². The molecule has 2 rings (SSSR count). The molecule has 3 nitrogen and oxygen atoms in total. The molecule has 0 spiro atoms. The Bertz CT molecular complexity index is 524. The molecule has 1 aliphatic rings. The predicted octanol–water partition coefficient (Wildman–Crippen LogP) is 3.51. The van der Waals surface area contributed by atoms with E-state index < -0.39 is 28.9 Å². The molecule has 0 unspecified atom stereocenters. The number of carboxylic acid groups (broad SMARTS) is 1. The number of benzene rings is 1. The van der Waals surface area contributed by atoms with Crippen LogP contribution in [0, 0.1) is 11.2 Å². The average Bonchev–Trinajstić information content (AvgIpc) is 2.27. The molecule has 1 aromatic carbocycles. The second kappa shape index (κ2) is 4.96. The largest absolute Gasteiger partial charge is 0.481 e. The Morgan fingerprint density at radius 2 is 2.00 bits per heavy atom. The number of halogens is 4. The van der Waals surface area contributed by atoms with Crippen LogP contribution in [0.3, 0.4) is 0 Å². The van der Waals surface area contributed by atoms with Crippen LogP contribution >= 0.6 is 0 Å². The maximum Gasteiger partial charge on any atom is 0.416 e. The van der Waals surface area contributed by atoms with E-state index in [1.165, 1.54) is 0 Å². The quantitative estimate of drug-likeness (QED) is 0.835. The second-order valence-electron chi connectivity index (χ2n) is 4.98. The van der Waals surface area contributed by atoms with Crippen LogP contribution in [-0.2, 0) is 11.0 Å². The fraction of sp³-hybridized carbons (Fsp3) is 0.462. The maximum atomic E-state index is 13.6. The van der Waals surface area contributed by atoms with Crippen molar-refractivity contribution in [2.45, 2.75) is 25.4 Å². The van der Waals surface area contributed by atoms with E-state index in [9.17, 15) is 22.4 Å². The molecule has 0 heterocycles. The first-order valence-corrected chi connectivity index (χ1v) is 6.09. The number of hydrogen-bond donors (Lipinski definition) is 2. The molecular formula is C13H13F4NO2. The first-order valence-electron chi connectivity index (χ1n) is 6.09. The molecule has 0 aromatic heterocycles. The number of carboxylic acids is 1. The van der Waals surface area contributed by atoms with Gasteiger partial charge in [0, 0.05) is 6.54 Å². The van der Waals surface area contributed by atoms with Gasteiger partial charge in [0.1, 0.15) is 5.82 Å². The molecule has 1 aromatic rings. The van der Waals surface area contributed by atoms with Gasteiger partial charge >= 0.3 is 12.1 Å². The lowest BCUT2D eigenvalue weighted by Crippen LogP contribution is -2.43. The summed E-state index contributed by atoms with van der Waals surface area (Å²) in [5.74, 6) is -2.01. The van der Waals surface area contributed by atoms with E-state index >= 15 is 0 Å². The molecule has 0 atom stereocenters. The van der Waals surface area contributed by atoms with Crippen LogP contribution < -0.4 is 5.32 Å². The zero-order valence-corrected chi connectivity index (χ0v) is 10.4. The lowest BCUT2D eigenvalue weighted by Gasteiger charge is -2.37. The highest BCUT2D eigenvalue weighted by Gasteiger charge is 2.44. The summed E-state index contributed by atoms with van der Waals surface area (Å²) in [6.07, 6.45) is -2.85. The fourth-order valence-corrected chi connectivity index (χ4v) is 2.17. The van der Waals surface area contributed by atoms with Gasteiger partial charge in [0.25, 0.3) is 0 Å². The minimum atomic E-state index is -4.60. The van der Waals surface area contributed by atoms with Gasteiger partial charge in [0.2, 0.25) is 0 Å². The molecule has 0 radical (unpaired) electrons. The molecular weight excluding hydrogens is 278 g/mol. The summed E-state index contributed by atoms with van der Waals surface area (Å²) in [5, 5.41) is 11.7. The molecule has 7 heteroatoms. The summed E-state index contributed by atoms with van der Waals surface area (Å²) in [7, 11) is 0. The highest BCUT2D eigenvalue weighted by Crippen LogP contribution is 2.41. The van der Waals surface area contributed by atoms with Crippen molar-refractivity contribution in [3.05, 3.63) is 29.6 Å². The van der Waals surface area contributed by atoms with Gasteiger partial charge in [-0.25, -0.2) is 4.39 Å². The van der Waals surface area contributed by atoms with Crippen LogP contribution in [-0.4, -0.2) is 17.6 Å². The van der Waals surface area contributed by atoms with Crippen LogP contribution in [0.15, 0.2) is 18.2 Å². The first kappa shape index (κ1) is 14.6. The minimum absolute atomic E-state index is 0.00458. The zero-order valence-electron chi connectivity index (χ0n) is 10.4. The summed E-state index contributed by atoms with van der Waals surface area (Å²) in [4.78, 5) is 11.1. The van der Waals surface area contributed by atoms with E-state index in [2.05, 4.69) is 5.32 Å². The normalized spacial score (nSPS) is 17.4. The summed E-state index contributed by atoms with van der Waals surface area (Å²) in [6, 6.07) is 2.14. The van der Waals surface area contributed by atoms with Crippen LogP contribution in [0.2, 0.25) is 0 Å². The van der Waals surface area contributed by atoms with E-state index in [4.69, 9.17) is 5.11 Å². The number of alkyl halides is 3. The predicted molar refractivity (Wildman–Crippen MR) is 63.8 cm³/mol. The molecule has 0 bridgehead atoms.